The van der Waals surface area contributed by atoms with Crippen molar-refractivity contribution in [2.45, 2.75) is 38.5 Å². The van der Waals surface area contributed by atoms with Crippen molar-refractivity contribution in [2.75, 3.05) is 0 Å². The Labute approximate surface area is 124 Å². The molecule has 0 aromatic rings. The molecule has 0 amide bonds. The molecule has 0 nitrogen and oxygen atoms in total. The molecule has 88 valence electrons. The zero-order chi connectivity index (χ0) is 10.9. The summed E-state index contributed by atoms with van der Waals surface area (Å²) in [6, 6.07) is 0. The van der Waals surface area contributed by atoms with Gasteiger partial charge in [-0.2, -0.15) is 6.42 Å². The third-order valence-corrected chi connectivity index (χ3v) is 2.69. The Kier molecular flexibility index (Phi) is 18.0. The number of rotatable bonds is 9. The molecule has 0 heterocycles. The van der Waals surface area contributed by atoms with Crippen molar-refractivity contribution < 1.29 is 12.4 Å². The normalized spacial score (nSPS) is 9.56. The molecule has 0 radical (unpaired) electrons. The number of halogens is 1. The molecular formula is C14H23ClMg. The number of allylic oxidation sites excluding steroid dienone is 3. The van der Waals surface area contributed by atoms with Crippen LogP contribution in [0.1, 0.15) is 38.5 Å². The van der Waals surface area contributed by atoms with Crippen molar-refractivity contribution in [3.05, 3.63) is 44.9 Å². The fourth-order valence-corrected chi connectivity index (χ4v) is 1.97. The number of hydrogen-bond donors (Lipinski definition) is 0. The van der Waals surface area contributed by atoms with Crippen LogP contribution in [-0.2, 0) is 0 Å². The van der Waals surface area contributed by atoms with Crippen LogP contribution in [0.3, 0.4) is 0 Å². The first kappa shape index (κ1) is 21.5. The quantitative estimate of drug-likeness (QED) is 0.329. The predicted octanol–water partition coefficient (Wildman–Crippen LogP) is 1.33. The molecular weight excluding hydrogens is 228 g/mol. The van der Waals surface area contributed by atoms with Crippen molar-refractivity contribution in [3.63, 3.8) is 0 Å². The minimum atomic E-state index is 0. The summed E-state index contributed by atoms with van der Waals surface area (Å²) in [5.41, 5.74) is 0.308. The SMILES string of the molecule is C=CCC(CC=C)(CC=C)CCC[CH2-].[Cl-].[Mg+2]. The molecule has 0 fully saturated rings. The van der Waals surface area contributed by atoms with Crippen molar-refractivity contribution in [2.24, 2.45) is 5.41 Å². The van der Waals surface area contributed by atoms with E-state index in [0.717, 1.165) is 25.7 Å². The van der Waals surface area contributed by atoms with Gasteiger partial charge in [0.2, 0.25) is 0 Å². The van der Waals surface area contributed by atoms with E-state index in [-0.39, 0.29) is 35.5 Å². The first-order valence-electron chi connectivity index (χ1n) is 5.36. The second-order valence-electron chi connectivity index (χ2n) is 3.94. The van der Waals surface area contributed by atoms with E-state index in [1.54, 1.807) is 0 Å². The summed E-state index contributed by atoms with van der Waals surface area (Å²) in [5, 5.41) is 0. The maximum atomic E-state index is 3.89. The fraction of sp³-hybridized carbons (Fsp3) is 0.500. The first-order chi connectivity index (χ1) is 6.74. The second-order valence-corrected chi connectivity index (χ2v) is 3.94. The molecule has 0 N–H and O–H groups in total. The first-order valence-corrected chi connectivity index (χ1v) is 5.36. The van der Waals surface area contributed by atoms with Crippen LogP contribution in [0.5, 0.6) is 0 Å². The molecule has 0 saturated carbocycles. The molecule has 0 aliphatic rings. The smallest absolute Gasteiger partial charge is 1.00 e. The van der Waals surface area contributed by atoms with Crippen molar-refractivity contribution >= 4 is 23.1 Å². The van der Waals surface area contributed by atoms with Crippen LogP contribution >= 0.6 is 0 Å². The summed E-state index contributed by atoms with van der Waals surface area (Å²) >= 11 is 0. The Morgan fingerprint density at radius 3 is 1.56 bits per heavy atom. The van der Waals surface area contributed by atoms with Gasteiger partial charge in [0, 0.05) is 0 Å². The summed E-state index contributed by atoms with van der Waals surface area (Å²) in [7, 11) is 0. The van der Waals surface area contributed by atoms with E-state index < -0.39 is 0 Å². The Balaban J connectivity index is -0.000000845. The van der Waals surface area contributed by atoms with Crippen LogP contribution in [0.15, 0.2) is 38.0 Å². The number of hydrogen-bond acceptors (Lipinski definition) is 0. The van der Waals surface area contributed by atoms with Crippen LogP contribution in [0.2, 0.25) is 0 Å². The topological polar surface area (TPSA) is 0 Å². The van der Waals surface area contributed by atoms with E-state index in [1.807, 2.05) is 18.2 Å². The summed E-state index contributed by atoms with van der Waals surface area (Å²) < 4.78 is 0. The summed E-state index contributed by atoms with van der Waals surface area (Å²) in [5.74, 6) is 0. The number of unbranched alkanes of at least 4 members (excludes halogenated alkanes) is 1. The van der Waals surface area contributed by atoms with Crippen molar-refractivity contribution in [1.29, 1.82) is 0 Å². The van der Waals surface area contributed by atoms with Crippen LogP contribution < -0.4 is 12.4 Å². The molecule has 0 rings (SSSR count). The van der Waals surface area contributed by atoms with Gasteiger partial charge in [0.15, 0.2) is 0 Å². The van der Waals surface area contributed by atoms with Crippen LogP contribution in [-0.4, -0.2) is 23.1 Å². The molecule has 0 atom stereocenters. The molecule has 0 spiro atoms. The molecule has 0 unspecified atom stereocenters. The zero-order valence-electron chi connectivity index (χ0n) is 10.4. The molecule has 0 aliphatic heterocycles. The van der Waals surface area contributed by atoms with Gasteiger partial charge >= 0.3 is 23.1 Å². The molecule has 16 heavy (non-hydrogen) atoms. The third-order valence-electron chi connectivity index (χ3n) is 2.69. The maximum Gasteiger partial charge on any atom is 2.00 e. The second kappa shape index (κ2) is 13.3. The molecule has 0 bridgehead atoms. The van der Waals surface area contributed by atoms with Crippen LogP contribution in [0, 0.1) is 12.3 Å². The largest absolute Gasteiger partial charge is 2.00 e. The molecule has 0 aromatic carbocycles. The predicted molar refractivity (Wildman–Crippen MR) is 71.8 cm³/mol. The van der Waals surface area contributed by atoms with Gasteiger partial charge in [0.1, 0.15) is 0 Å². The molecule has 0 saturated heterocycles. The Bertz CT molecular complexity index is 161. The van der Waals surface area contributed by atoms with Crippen LogP contribution in [0.25, 0.3) is 0 Å². The minimum absolute atomic E-state index is 0. The van der Waals surface area contributed by atoms with Crippen LogP contribution in [0.4, 0.5) is 0 Å². The average Bonchev–Trinajstić information content (AvgIpc) is 2.16. The monoisotopic (exact) mass is 250 g/mol. The van der Waals surface area contributed by atoms with Gasteiger partial charge in [-0.05, 0) is 31.1 Å². The fourth-order valence-electron chi connectivity index (χ4n) is 1.97. The van der Waals surface area contributed by atoms with Gasteiger partial charge < -0.3 is 19.3 Å². The Morgan fingerprint density at radius 2 is 1.31 bits per heavy atom. The van der Waals surface area contributed by atoms with Crippen molar-refractivity contribution in [3.8, 4) is 0 Å². The van der Waals surface area contributed by atoms with E-state index in [1.165, 1.54) is 12.8 Å². The van der Waals surface area contributed by atoms with Gasteiger partial charge in [0.25, 0.3) is 0 Å². The van der Waals surface area contributed by atoms with E-state index in [2.05, 4.69) is 26.7 Å². The Hall–Kier alpha value is 0.276. The summed E-state index contributed by atoms with van der Waals surface area (Å²) in [6.07, 6.45) is 12.5. The Morgan fingerprint density at radius 1 is 0.938 bits per heavy atom. The van der Waals surface area contributed by atoms with E-state index >= 15 is 0 Å². The zero-order valence-corrected chi connectivity index (χ0v) is 12.6. The van der Waals surface area contributed by atoms with Gasteiger partial charge in [-0.3, -0.25) is 0 Å². The van der Waals surface area contributed by atoms with E-state index in [4.69, 9.17) is 0 Å². The van der Waals surface area contributed by atoms with E-state index in [0.29, 0.717) is 5.41 Å². The molecule has 2 heteroatoms. The van der Waals surface area contributed by atoms with Crippen molar-refractivity contribution in [1.82, 2.24) is 0 Å². The summed E-state index contributed by atoms with van der Waals surface area (Å²) in [6.45, 7) is 15.4. The minimum Gasteiger partial charge on any atom is -1.00 e. The van der Waals surface area contributed by atoms with E-state index in [9.17, 15) is 0 Å². The average molecular weight is 251 g/mol. The van der Waals surface area contributed by atoms with Gasteiger partial charge in [0.05, 0.1) is 0 Å². The van der Waals surface area contributed by atoms with Gasteiger partial charge in [-0.15, -0.1) is 19.7 Å². The molecule has 0 aliphatic carbocycles. The molecule has 0 aromatic heterocycles. The van der Waals surface area contributed by atoms with Gasteiger partial charge in [-0.1, -0.05) is 24.6 Å². The van der Waals surface area contributed by atoms with Gasteiger partial charge in [-0.25, -0.2) is 0 Å². The maximum absolute atomic E-state index is 3.89. The summed E-state index contributed by atoms with van der Waals surface area (Å²) in [4.78, 5) is 0. The third kappa shape index (κ3) is 8.43. The standard InChI is InChI=1S/C14H23.ClH.Mg/c1-5-9-13-14(10-6-2,11-7-3)12-8-4;;/h6-8H,1-5,9-13H2;1H;/q-1;;+2/p-1.